The summed E-state index contributed by atoms with van der Waals surface area (Å²) < 4.78 is 28.1. The summed E-state index contributed by atoms with van der Waals surface area (Å²) in [5.74, 6) is 0.791. The van der Waals surface area contributed by atoms with Crippen LogP contribution in [0.1, 0.15) is 25.0 Å². The largest absolute Gasteiger partial charge is 0.497 e. The van der Waals surface area contributed by atoms with Crippen molar-refractivity contribution in [2.45, 2.75) is 26.9 Å². The van der Waals surface area contributed by atoms with Gasteiger partial charge in [-0.25, -0.2) is 0 Å². The number of hydrogen-bond acceptors (Lipinski definition) is 4. The lowest BCUT2D eigenvalue weighted by atomic mass is 10.1. The second kappa shape index (κ2) is 6.93. The molecule has 0 fully saturated rings. The van der Waals surface area contributed by atoms with Crippen molar-refractivity contribution in [2.24, 2.45) is 0 Å². The molecule has 0 aliphatic heterocycles. The minimum absolute atomic E-state index is 0.296. The minimum atomic E-state index is -3.03. The second-order valence-electron chi connectivity index (χ2n) is 3.90. The molecule has 4 nitrogen and oxygen atoms in total. The van der Waals surface area contributed by atoms with Crippen LogP contribution in [0.25, 0.3) is 0 Å². The molecule has 0 atom stereocenters. The smallest absolute Gasteiger partial charge is 0.335 e. The lowest BCUT2D eigenvalue weighted by Gasteiger charge is -2.18. The molecule has 0 aliphatic rings. The summed E-state index contributed by atoms with van der Waals surface area (Å²) in [5.41, 5.74) is 1.98. The monoisotopic (exact) mass is 272 g/mol. The van der Waals surface area contributed by atoms with Gasteiger partial charge in [-0.2, -0.15) is 0 Å². The van der Waals surface area contributed by atoms with Crippen LogP contribution in [0.5, 0.6) is 5.75 Å². The first-order valence-corrected chi connectivity index (χ1v) is 7.79. The first-order chi connectivity index (χ1) is 8.54. The molecule has 0 heterocycles. The van der Waals surface area contributed by atoms with Gasteiger partial charge in [0.15, 0.2) is 0 Å². The minimum Gasteiger partial charge on any atom is -0.497 e. The van der Waals surface area contributed by atoms with E-state index < -0.39 is 7.60 Å². The highest BCUT2D eigenvalue weighted by Crippen LogP contribution is 2.51. The van der Waals surface area contributed by atoms with Crippen LogP contribution in [0.15, 0.2) is 18.2 Å². The Morgan fingerprint density at radius 3 is 2.22 bits per heavy atom. The van der Waals surface area contributed by atoms with Crippen molar-refractivity contribution in [2.75, 3.05) is 20.3 Å². The molecule has 0 amide bonds. The fourth-order valence-electron chi connectivity index (χ4n) is 1.70. The van der Waals surface area contributed by atoms with Crippen molar-refractivity contribution in [3.05, 3.63) is 29.3 Å². The van der Waals surface area contributed by atoms with Gasteiger partial charge in [-0.3, -0.25) is 4.57 Å². The second-order valence-corrected chi connectivity index (χ2v) is 5.95. The molecule has 0 radical (unpaired) electrons. The fraction of sp³-hybridized carbons (Fsp3) is 0.538. The molecule has 102 valence electrons. The first-order valence-electron chi connectivity index (χ1n) is 6.06. The lowest BCUT2D eigenvalue weighted by molar-refractivity contribution is 0.219. The topological polar surface area (TPSA) is 44.8 Å². The van der Waals surface area contributed by atoms with Crippen molar-refractivity contribution in [1.82, 2.24) is 0 Å². The SMILES string of the molecule is CCOP(=O)(Cc1ccc(OC)cc1C)OCC. The Morgan fingerprint density at radius 2 is 1.78 bits per heavy atom. The molecule has 1 rings (SSSR count). The van der Waals surface area contributed by atoms with Crippen molar-refractivity contribution in [1.29, 1.82) is 0 Å². The maximum atomic E-state index is 12.4. The lowest BCUT2D eigenvalue weighted by Crippen LogP contribution is -2.00. The summed E-state index contributed by atoms with van der Waals surface area (Å²) in [6.07, 6.45) is 0.296. The number of benzene rings is 1. The van der Waals surface area contributed by atoms with Crippen LogP contribution >= 0.6 is 7.60 Å². The summed E-state index contributed by atoms with van der Waals surface area (Å²) in [4.78, 5) is 0. The molecule has 0 saturated heterocycles. The highest BCUT2D eigenvalue weighted by atomic mass is 31.2. The van der Waals surface area contributed by atoms with Crippen molar-refractivity contribution in [3.8, 4) is 5.75 Å². The van der Waals surface area contributed by atoms with Gasteiger partial charge in [0.2, 0.25) is 0 Å². The average molecular weight is 272 g/mol. The van der Waals surface area contributed by atoms with E-state index in [1.165, 1.54) is 0 Å². The van der Waals surface area contributed by atoms with E-state index in [1.807, 2.05) is 39.0 Å². The molecule has 5 heteroatoms. The molecular formula is C13H21O4P. The summed E-state index contributed by atoms with van der Waals surface area (Å²) in [6.45, 7) is 6.35. The van der Waals surface area contributed by atoms with Gasteiger partial charge in [0.1, 0.15) is 5.75 Å². The van der Waals surface area contributed by atoms with Crippen molar-refractivity contribution in [3.63, 3.8) is 0 Å². The molecule has 0 unspecified atom stereocenters. The van der Waals surface area contributed by atoms with Gasteiger partial charge >= 0.3 is 7.60 Å². The van der Waals surface area contributed by atoms with Gasteiger partial charge in [-0.1, -0.05) is 6.07 Å². The molecule has 1 aromatic carbocycles. The molecular weight excluding hydrogens is 251 g/mol. The van der Waals surface area contributed by atoms with Gasteiger partial charge in [0, 0.05) is 0 Å². The maximum Gasteiger partial charge on any atom is 0.335 e. The first kappa shape index (κ1) is 15.2. The normalized spacial score (nSPS) is 11.6. The van der Waals surface area contributed by atoms with E-state index in [4.69, 9.17) is 13.8 Å². The third-order valence-electron chi connectivity index (χ3n) is 2.57. The van der Waals surface area contributed by atoms with Crippen LogP contribution in [0, 0.1) is 6.92 Å². The third kappa shape index (κ3) is 4.13. The van der Waals surface area contributed by atoms with Crippen molar-refractivity contribution >= 4 is 7.60 Å². The number of methoxy groups -OCH3 is 1. The summed E-state index contributed by atoms with van der Waals surface area (Å²) in [5, 5.41) is 0. The zero-order valence-corrected chi connectivity index (χ0v) is 12.3. The average Bonchev–Trinajstić information content (AvgIpc) is 2.32. The van der Waals surface area contributed by atoms with Crippen LogP contribution in [0.2, 0.25) is 0 Å². The number of ether oxygens (including phenoxy) is 1. The molecule has 0 aromatic heterocycles. The highest BCUT2D eigenvalue weighted by molar-refractivity contribution is 7.53. The van der Waals surface area contributed by atoms with Gasteiger partial charge < -0.3 is 13.8 Å². The predicted molar refractivity (Wildman–Crippen MR) is 72.3 cm³/mol. The maximum absolute atomic E-state index is 12.4. The van der Waals surface area contributed by atoms with E-state index in [-0.39, 0.29) is 0 Å². The van der Waals surface area contributed by atoms with Crippen LogP contribution in [-0.4, -0.2) is 20.3 Å². The van der Waals surface area contributed by atoms with Crippen molar-refractivity contribution < 1.29 is 18.3 Å². The van der Waals surface area contributed by atoms with E-state index in [2.05, 4.69) is 0 Å². The van der Waals surface area contributed by atoms with E-state index in [9.17, 15) is 4.57 Å². The quantitative estimate of drug-likeness (QED) is 0.709. The zero-order chi connectivity index (χ0) is 13.6. The standard InChI is InChI=1S/C13H21O4P/c1-5-16-18(14,17-6-2)10-12-7-8-13(15-4)9-11(12)3/h7-9H,5-6,10H2,1-4H3. The number of rotatable bonds is 7. The molecule has 0 saturated carbocycles. The van der Waals surface area contributed by atoms with E-state index in [0.717, 1.165) is 16.9 Å². The molecule has 0 aliphatic carbocycles. The van der Waals surface area contributed by atoms with Gasteiger partial charge in [-0.15, -0.1) is 0 Å². The summed E-state index contributed by atoms with van der Waals surface area (Å²) in [6, 6.07) is 5.67. The molecule has 0 spiro atoms. The summed E-state index contributed by atoms with van der Waals surface area (Å²) in [7, 11) is -1.41. The molecule has 1 aromatic rings. The number of aryl methyl sites for hydroxylation is 1. The summed E-state index contributed by atoms with van der Waals surface area (Å²) >= 11 is 0. The van der Waals surface area contributed by atoms with Crippen LogP contribution in [-0.2, 0) is 19.8 Å². The Kier molecular flexibility index (Phi) is 5.86. The Hall–Kier alpha value is -0.830. The van der Waals surface area contributed by atoms with Gasteiger partial charge in [0.05, 0.1) is 26.5 Å². The fourth-order valence-corrected chi connectivity index (χ4v) is 3.52. The van der Waals surface area contributed by atoms with Crippen LogP contribution < -0.4 is 4.74 Å². The van der Waals surface area contributed by atoms with E-state index in [0.29, 0.717) is 19.4 Å². The van der Waals surface area contributed by atoms with Crippen LogP contribution in [0.4, 0.5) is 0 Å². The Balaban J connectivity index is 2.90. The van der Waals surface area contributed by atoms with E-state index in [1.54, 1.807) is 7.11 Å². The zero-order valence-electron chi connectivity index (χ0n) is 11.4. The Labute approximate surface area is 109 Å². The van der Waals surface area contributed by atoms with Gasteiger partial charge in [-0.05, 0) is 44.0 Å². The Bertz CT molecular complexity index is 421. The predicted octanol–water partition coefficient (Wildman–Crippen LogP) is 3.77. The number of hydrogen-bond donors (Lipinski definition) is 0. The third-order valence-corrected chi connectivity index (χ3v) is 4.60. The molecule has 18 heavy (non-hydrogen) atoms. The Morgan fingerprint density at radius 1 is 1.17 bits per heavy atom. The highest BCUT2D eigenvalue weighted by Gasteiger charge is 2.24. The molecule has 0 N–H and O–H groups in total. The molecule has 0 bridgehead atoms. The van der Waals surface area contributed by atoms with Gasteiger partial charge in [0.25, 0.3) is 0 Å². The van der Waals surface area contributed by atoms with Crippen LogP contribution in [0.3, 0.4) is 0 Å². The van der Waals surface area contributed by atoms with E-state index >= 15 is 0 Å².